The highest BCUT2D eigenvalue weighted by molar-refractivity contribution is 5.73. The highest BCUT2D eigenvalue weighted by Crippen LogP contribution is 2.18. The standard InChI is InChI=1S/C12H21NO5/c1-12(2,3)18-11(16)13-9-5-7-17-6-4-8(9)10(14)15/h8-9H,4-7H2,1-3H3,(H,13,16)(H,14,15)/t8-,9-/m1/s1. The van der Waals surface area contributed by atoms with Crippen molar-refractivity contribution < 1.29 is 24.2 Å². The number of hydrogen-bond donors (Lipinski definition) is 2. The molecule has 0 aliphatic carbocycles. The zero-order valence-electron chi connectivity index (χ0n) is 11.1. The van der Waals surface area contributed by atoms with Crippen LogP contribution in [0.1, 0.15) is 33.6 Å². The Hall–Kier alpha value is -1.30. The predicted molar refractivity (Wildman–Crippen MR) is 64.3 cm³/mol. The number of carbonyl (C=O) groups excluding carboxylic acids is 1. The first-order valence-electron chi connectivity index (χ1n) is 6.09. The highest BCUT2D eigenvalue weighted by Gasteiger charge is 2.32. The van der Waals surface area contributed by atoms with Crippen LogP contribution >= 0.6 is 0 Å². The maximum absolute atomic E-state index is 11.6. The van der Waals surface area contributed by atoms with Gasteiger partial charge in [-0.3, -0.25) is 4.79 Å². The summed E-state index contributed by atoms with van der Waals surface area (Å²) in [4.78, 5) is 22.8. The molecule has 1 saturated heterocycles. The summed E-state index contributed by atoms with van der Waals surface area (Å²) in [7, 11) is 0. The van der Waals surface area contributed by atoms with Crippen molar-refractivity contribution in [3.8, 4) is 0 Å². The van der Waals surface area contributed by atoms with Crippen molar-refractivity contribution in [1.82, 2.24) is 5.32 Å². The maximum atomic E-state index is 11.6. The lowest BCUT2D eigenvalue weighted by Crippen LogP contribution is -2.45. The SMILES string of the molecule is CC(C)(C)OC(=O)N[C@@H]1CCOCC[C@H]1C(=O)O. The van der Waals surface area contributed by atoms with E-state index in [9.17, 15) is 9.59 Å². The zero-order chi connectivity index (χ0) is 13.8. The number of rotatable bonds is 2. The first-order chi connectivity index (χ1) is 8.29. The Labute approximate surface area is 107 Å². The Morgan fingerprint density at radius 3 is 2.44 bits per heavy atom. The molecule has 6 nitrogen and oxygen atoms in total. The summed E-state index contributed by atoms with van der Waals surface area (Å²) < 4.78 is 10.4. The van der Waals surface area contributed by atoms with E-state index in [1.54, 1.807) is 20.8 Å². The van der Waals surface area contributed by atoms with E-state index in [4.69, 9.17) is 14.6 Å². The number of carboxylic acid groups (broad SMARTS) is 1. The van der Waals surface area contributed by atoms with Crippen LogP contribution in [0.25, 0.3) is 0 Å². The first-order valence-corrected chi connectivity index (χ1v) is 6.09. The molecule has 1 heterocycles. The summed E-state index contributed by atoms with van der Waals surface area (Å²) in [5.41, 5.74) is -0.593. The second kappa shape index (κ2) is 6.04. The van der Waals surface area contributed by atoms with E-state index in [0.29, 0.717) is 26.1 Å². The number of ether oxygens (including phenoxy) is 2. The largest absolute Gasteiger partial charge is 0.481 e. The number of alkyl carbamates (subject to hydrolysis) is 1. The van der Waals surface area contributed by atoms with Gasteiger partial charge >= 0.3 is 12.1 Å². The van der Waals surface area contributed by atoms with Crippen LogP contribution in [0.5, 0.6) is 0 Å². The van der Waals surface area contributed by atoms with Crippen LogP contribution in [0.4, 0.5) is 4.79 Å². The van der Waals surface area contributed by atoms with Crippen LogP contribution in [-0.2, 0) is 14.3 Å². The van der Waals surface area contributed by atoms with Crippen molar-refractivity contribution in [3.05, 3.63) is 0 Å². The molecule has 1 fully saturated rings. The van der Waals surface area contributed by atoms with Gasteiger partial charge in [0.2, 0.25) is 0 Å². The van der Waals surface area contributed by atoms with E-state index in [2.05, 4.69) is 5.32 Å². The lowest BCUT2D eigenvalue weighted by atomic mass is 9.95. The Kier molecular flexibility index (Phi) is 4.95. The molecule has 1 amide bonds. The lowest BCUT2D eigenvalue weighted by Gasteiger charge is -2.25. The molecule has 0 aromatic rings. The van der Waals surface area contributed by atoms with E-state index in [1.165, 1.54) is 0 Å². The molecule has 104 valence electrons. The van der Waals surface area contributed by atoms with Crippen molar-refractivity contribution in [2.24, 2.45) is 5.92 Å². The molecule has 18 heavy (non-hydrogen) atoms. The molecular formula is C12H21NO5. The highest BCUT2D eigenvalue weighted by atomic mass is 16.6. The third-order valence-electron chi connectivity index (χ3n) is 2.65. The lowest BCUT2D eigenvalue weighted by molar-refractivity contribution is -0.142. The molecule has 0 bridgehead atoms. The van der Waals surface area contributed by atoms with Gasteiger partial charge in [0, 0.05) is 19.3 Å². The van der Waals surface area contributed by atoms with Gasteiger partial charge in [-0.05, 0) is 33.6 Å². The van der Waals surface area contributed by atoms with Gasteiger partial charge in [-0.2, -0.15) is 0 Å². The van der Waals surface area contributed by atoms with Gasteiger partial charge in [0.05, 0.1) is 5.92 Å². The van der Waals surface area contributed by atoms with Gasteiger partial charge in [-0.1, -0.05) is 0 Å². The average Bonchev–Trinajstić information content (AvgIpc) is 2.39. The minimum Gasteiger partial charge on any atom is -0.481 e. The van der Waals surface area contributed by atoms with Crippen molar-refractivity contribution in [1.29, 1.82) is 0 Å². The quantitative estimate of drug-likeness (QED) is 0.782. The molecule has 0 radical (unpaired) electrons. The van der Waals surface area contributed by atoms with Crippen molar-refractivity contribution in [2.75, 3.05) is 13.2 Å². The summed E-state index contributed by atoms with van der Waals surface area (Å²) in [5, 5.41) is 11.8. The fourth-order valence-electron chi connectivity index (χ4n) is 1.85. The molecule has 2 N–H and O–H groups in total. The van der Waals surface area contributed by atoms with Crippen molar-refractivity contribution >= 4 is 12.1 Å². The summed E-state index contributed by atoms with van der Waals surface area (Å²) in [6, 6.07) is -0.445. The first kappa shape index (κ1) is 14.8. The number of aliphatic carboxylic acids is 1. The summed E-state index contributed by atoms with van der Waals surface area (Å²) >= 11 is 0. The predicted octanol–water partition coefficient (Wildman–Crippen LogP) is 1.39. The van der Waals surface area contributed by atoms with E-state index in [-0.39, 0.29) is 0 Å². The van der Waals surface area contributed by atoms with Gasteiger partial charge in [0.15, 0.2) is 0 Å². The fraction of sp³-hybridized carbons (Fsp3) is 0.833. The maximum Gasteiger partial charge on any atom is 0.407 e. The molecule has 0 saturated carbocycles. The second-order valence-electron chi connectivity index (χ2n) is 5.39. The Bertz CT molecular complexity index is 310. The van der Waals surface area contributed by atoms with Gasteiger partial charge in [0.25, 0.3) is 0 Å². The fourth-order valence-corrected chi connectivity index (χ4v) is 1.85. The van der Waals surface area contributed by atoms with Gasteiger partial charge < -0.3 is 19.9 Å². The smallest absolute Gasteiger partial charge is 0.407 e. The molecule has 2 atom stereocenters. The van der Waals surface area contributed by atoms with E-state index in [0.717, 1.165) is 0 Å². The Balaban J connectivity index is 2.60. The van der Waals surface area contributed by atoms with Gasteiger partial charge in [0.1, 0.15) is 5.60 Å². The van der Waals surface area contributed by atoms with Crippen LogP contribution in [0.15, 0.2) is 0 Å². The zero-order valence-corrected chi connectivity index (χ0v) is 11.1. The monoisotopic (exact) mass is 259 g/mol. The van der Waals surface area contributed by atoms with Crippen LogP contribution in [-0.4, -0.2) is 42.0 Å². The second-order valence-corrected chi connectivity index (χ2v) is 5.39. The molecule has 0 aromatic carbocycles. The van der Waals surface area contributed by atoms with E-state index >= 15 is 0 Å². The minimum atomic E-state index is -0.915. The number of hydrogen-bond acceptors (Lipinski definition) is 4. The number of amides is 1. The average molecular weight is 259 g/mol. The molecule has 0 aromatic heterocycles. The van der Waals surface area contributed by atoms with Crippen LogP contribution in [0, 0.1) is 5.92 Å². The summed E-state index contributed by atoms with van der Waals surface area (Å²) in [5.74, 6) is -1.54. The Morgan fingerprint density at radius 2 is 1.89 bits per heavy atom. The van der Waals surface area contributed by atoms with E-state index < -0.39 is 29.6 Å². The van der Waals surface area contributed by atoms with E-state index in [1.807, 2.05) is 0 Å². The van der Waals surface area contributed by atoms with Crippen molar-refractivity contribution in [3.63, 3.8) is 0 Å². The molecule has 1 aliphatic heterocycles. The van der Waals surface area contributed by atoms with Gasteiger partial charge in [-0.15, -0.1) is 0 Å². The van der Waals surface area contributed by atoms with Crippen molar-refractivity contribution in [2.45, 2.75) is 45.3 Å². The molecule has 6 heteroatoms. The van der Waals surface area contributed by atoms with Crippen LogP contribution < -0.4 is 5.32 Å². The molecule has 0 spiro atoms. The number of carbonyl (C=O) groups is 2. The molecule has 1 aliphatic rings. The minimum absolute atomic E-state index is 0.399. The summed E-state index contributed by atoms with van der Waals surface area (Å²) in [6.45, 7) is 6.14. The number of nitrogens with one attached hydrogen (secondary N) is 1. The normalized spacial score (nSPS) is 25.1. The number of carboxylic acids is 1. The third-order valence-corrected chi connectivity index (χ3v) is 2.65. The summed E-state index contributed by atoms with van der Waals surface area (Å²) in [6.07, 6.45) is 0.298. The third kappa shape index (κ3) is 4.91. The molecule has 0 unspecified atom stereocenters. The Morgan fingerprint density at radius 1 is 1.28 bits per heavy atom. The van der Waals surface area contributed by atoms with Crippen LogP contribution in [0.3, 0.4) is 0 Å². The topological polar surface area (TPSA) is 84.9 Å². The molecular weight excluding hydrogens is 238 g/mol. The molecule has 1 rings (SSSR count). The van der Waals surface area contributed by atoms with Crippen LogP contribution in [0.2, 0.25) is 0 Å². The van der Waals surface area contributed by atoms with Gasteiger partial charge in [-0.25, -0.2) is 4.79 Å².